The number of hydrogen-bond acceptors (Lipinski definition) is 15. The molecule has 1 aliphatic rings. The van der Waals surface area contributed by atoms with Crippen LogP contribution in [-0.4, -0.2) is 105 Å². The molecule has 1 saturated heterocycles. The summed E-state index contributed by atoms with van der Waals surface area (Å²) in [5.41, 5.74) is 0.281. The Labute approximate surface area is 278 Å². The topological polar surface area (TPSA) is 275 Å². The highest BCUT2D eigenvalue weighted by Crippen LogP contribution is 2.35. The van der Waals surface area contributed by atoms with Crippen LogP contribution in [0.25, 0.3) is 0 Å². The minimum absolute atomic E-state index is 0.0145. The molecule has 1 fully saturated rings. The zero-order valence-corrected chi connectivity index (χ0v) is 25.5. The number of hydrogen-bond donors (Lipinski definition) is 11. The largest absolute Gasteiger partial charge is 0.508 e. The van der Waals surface area contributed by atoms with Crippen molar-refractivity contribution in [2.75, 3.05) is 6.61 Å². The highest BCUT2D eigenvalue weighted by atomic mass is 16.7. The fourth-order valence-corrected chi connectivity index (χ4v) is 4.87. The SMILES string of the molecule is O=C(c1ccc(O)cc1)c1c(O)cc(CO)cc1O.O=C(c1ccc(O)cc1)c1c(O)cc(CO)cc1OC1OC(CO)C(O)C(O)C1O. The van der Waals surface area contributed by atoms with E-state index in [9.17, 15) is 55.5 Å². The van der Waals surface area contributed by atoms with Gasteiger partial charge >= 0.3 is 0 Å². The standard InChI is InChI=1S/C20H22O10.C14H12O5/c21-7-9-5-12(24)15(16(25)10-1-3-11(23)4-2-10)13(6-9)29-20-19(28)18(27)17(26)14(8-22)30-20;15-7-8-5-11(17)13(12(18)6-8)14(19)9-1-3-10(16)4-2-9/h1-6,14,17-24,26-28H,7-8H2;1-6,15-18H,7H2. The lowest BCUT2D eigenvalue weighted by atomic mass is 9.98. The predicted molar refractivity (Wildman–Crippen MR) is 167 cm³/mol. The summed E-state index contributed by atoms with van der Waals surface area (Å²) in [5.74, 6) is -2.88. The Morgan fingerprint density at radius 2 is 1.02 bits per heavy atom. The van der Waals surface area contributed by atoms with E-state index < -0.39 is 72.7 Å². The Morgan fingerprint density at radius 3 is 1.47 bits per heavy atom. The maximum atomic E-state index is 12.9. The molecular formula is C34H34O15. The van der Waals surface area contributed by atoms with Gasteiger partial charge in [0, 0.05) is 11.1 Å². The summed E-state index contributed by atoms with van der Waals surface area (Å²) in [6.07, 6.45) is -7.87. The van der Waals surface area contributed by atoms with Crippen LogP contribution in [0.5, 0.6) is 34.5 Å². The average Bonchev–Trinajstić information content (AvgIpc) is 3.08. The summed E-state index contributed by atoms with van der Waals surface area (Å²) in [6.45, 7) is -1.52. The van der Waals surface area contributed by atoms with Crippen LogP contribution in [0.2, 0.25) is 0 Å². The molecule has 4 aromatic rings. The van der Waals surface area contributed by atoms with Gasteiger partial charge in [-0.25, -0.2) is 0 Å². The Bertz CT molecular complexity index is 1750. The average molecular weight is 683 g/mol. The summed E-state index contributed by atoms with van der Waals surface area (Å²) >= 11 is 0. The van der Waals surface area contributed by atoms with Gasteiger partial charge in [0.15, 0.2) is 0 Å². The van der Waals surface area contributed by atoms with Gasteiger partial charge in [-0.2, -0.15) is 0 Å². The first kappa shape index (κ1) is 36.6. The van der Waals surface area contributed by atoms with Crippen molar-refractivity contribution >= 4 is 11.6 Å². The summed E-state index contributed by atoms with van der Waals surface area (Å²) in [7, 11) is 0. The van der Waals surface area contributed by atoms with E-state index in [-0.39, 0.29) is 51.7 Å². The monoisotopic (exact) mass is 682 g/mol. The van der Waals surface area contributed by atoms with Crippen LogP contribution < -0.4 is 4.74 Å². The second-order valence-electron chi connectivity index (χ2n) is 10.9. The molecule has 5 rings (SSSR count). The Balaban J connectivity index is 0.000000244. The first-order valence-corrected chi connectivity index (χ1v) is 14.6. The zero-order valence-electron chi connectivity index (χ0n) is 25.5. The normalized spacial score (nSPS) is 20.2. The van der Waals surface area contributed by atoms with E-state index >= 15 is 0 Å². The van der Waals surface area contributed by atoms with E-state index in [4.69, 9.17) is 19.7 Å². The smallest absolute Gasteiger partial charge is 0.229 e. The van der Waals surface area contributed by atoms with E-state index in [0.717, 1.165) is 6.07 Å². The van der Waals surface area contributed by atoms with Crippen molar-refractivity contribution in [2.24, 2.45) is 0 Å². The maximum absolute atomic E-state index is 12.9. The molecule has 15 heteroatoms. The third kappa shape index (κ3) is 8.25. The molecule has 1 aliphatic heterocycles. The first-order chi connectivity index (χ1) is 23.3. The molecule has 11 N–H and O–H groups in total. The first-order valence-electron chi connectivity index (χ1n) is 14.6. The lowest BCUT2D eigenvalue weighted by molar-refractivity contribution is -0.277. The van der Waals surface area contributed by atoms with Gasteiger partial charge in [0.05, 0.1) is 19.8 Å². The van der Waals surface area contributed by atoms with Gasteiger partial charge in [-0.3, -0.25) is 9.59 Å². The van der Waals surface area contributed by atoms with Gasteiger partial charge in [-0.05, 0) is 83.9 Å². The molecule has 260 valence electrons. The fraction of sp³-hybridized carbons (Fsp3) is 0.235. The van der Waals surface area contributed by atoms with E-state index in [1.54, 1.807) is 0 Å². The van der Waals surface area contributed by atoms with Crippen molar-refractivity contribution in [3.8, 4) is 34.5 Å². The van der Waals surface area contributed by atoms with Crippen LogP contribution in [0.1, 0.15) is 43.0 Å². The van der Waals surface area contributed by atoms with Gasteiger partial charge in [-0.1, -0.05) is 0 Å². The molecule has 5 unspecified atom stereocenters. The maximum Gasteiger partial charge on any atom is 0.229 e. The molecule has 49 heavy (non-hydrogen) atoms. The number of rotatable bonds is 9. The third-order valence-corrected chi connectivity index (χ3v) is 7.47. The van der Waals surface area contributed by atoms with E-state index in [0.29, 0.717) is 5.56 Å². The molecule has 5 atom stereocenters. The number of ketones is 2. The highest BCUT2D eigenvalue weighted by molar-refractivity contribution is 6.13. The predicted octanol–water partition coefficient (Wildman–Crippen LogP) is 0.527. The highest BCUT2D eigenvalue weighted by Gasteiger charge is 2.45. The van der Waals surface area contributed by atoms with Crippen molar-refractivity contribution in [3.63, 3.8) is 0 Å². The van der Waals surface area contributed by atoms with Crippen LogP contribution in [0, 0.1) is 0 Å². The van der Waals surface area contributed by atoms with Crippen LogP contribution in [0.3, 0.4) is 0 Å². The van der Waals surface area contributed by atoms with Gasteiger partial charge < -0.3 is 65.6 Å². The van der Waals surface area contributed by atoms with Gasteiger partial charge in [0.2, 0.25) is 17.9 Å². The second-order valence-corrected chi connectivity index (χ2v) is 10.9. The van der Waals surface area contributed by atoms with Crippen LogP contribution in [0.4, 0.5) is 0 Å². The summed E-state index contributed by atoms with van der Waals surface area (Å²) in [5, 5.41) is 106. The van der Waals surface area contributed by atoms with Gasteiger partial charge in [-0.15, -0.1) is 0 Å². The van der Waals surface area contributed by atoms with E-state index in [2.05, 4.69) is 0 Å². The molecule has 1 heterocycles. The molecule has 0 bridgehead atoms. The summed E-state index contributed by atoms with van der Waals surface area (Å²) < 4.78 is 10.8. The lowest BCUT2D eigenvalue weighted by Crippen LogP contribution is -2.60. The molecule has 4 aromatic carbocycles. The summed E-state index contributed by atoms with van der Waals surface area (Å²) in [4.78, 5) is 25.1. The number of aliphatic hydroxyl groups is 6. The van der Waals surface area contributed by atoms with Crippen molar-refractivity contribution in [2.45, 2.75) is 43.9 Å². The second kappa shape index (κ2) is 15.8. The number of ether oxygens (including phenoxy) is 2. The lowest BCUT2D eigenvalue weighted by Gasteiger charge is -2.39. The molecule has 0 radical (unpaired) electrons. The molecular weight excluding hydrogens is 648 g/mol. The number of aliphatic hydroxyl groups excluding tert-OH is 6. The minimum Gasteiger partial charge on any atom is -0.508 e. The number of phenols is 5. The quantitative estimate of drug-likeness (QED) is 0.107. The van der Waals surface area contributed by atoms with Crippen molar-refractivity contribution in [3.05, 3.63) is 106 Å². The number of benzene rings is 4. The molecule has 0 amide bonds. The molecule has 0 aliphatic carbocycles. The minimum atomic E-state index is -1.74. The Morgan fingerprint density at radius 1 is 0.592 bits per heavy atom. The molecule has 0 aromatic heterocycles. The number of aromatic hydroxyl groups is 5. The number of phenolic OH excluding ortho intramolecular Hbond substituents is 5. The Kier molecular flexibility index (Phi) is 11.8. The molecule has 0 saturated carbocycles. The van der Waals surface area contributed by atoms with Crippen molar-refractivity contribution in [1.29, 1.82) is 0 Å². The van der Waals surface area contributed by atoms with Crippen molar-refractivity contribution < 1.29 is 75.2 Å². The van der Waals surface area contributed by atoms with E-state index in [1.165, 1.54) is 66.7 Å². The molecule has 15 nitrogen and oxygen atoms in total. The van der Waals surface area contributed by atoms with Crippen LogP contribution in [0.15, 0.2) is 72.8 Å². The van der Waals surface area contributed by atoms with Crippen LogP contribution in [-0.2, 0) is 18.0 Å². The number of carbonyl (C=O) groups excluding carboxylic acids is 2. The van der Waals surface area contributed by atoms with Crippen molar-refractivity contribution in [1.82, 2.24) is 0 Å². The fourth-order valence-electron chi connectivity index (χ4n) is 4.87. The van der Waals surface area contributed by atoms with E-state index in [1.807, 2.05) is 0 Å². The number of carbonyl (C=O) groups is 2. The molecule has 0 spiro atoms. The zero-order chi connectivity index (χ0) is 36.0. The third-order valence-electron chi connectivity index (χ3n) is 7.47. The summed E-state index contributed by atoms with van der Waals surface area (Å²) in [6, 6.07) is 15.5. The Hall–Kier alpha value is -5.26. The van der Waals surface area contributed by atoms with Gasteiger partial charge in [0.1, 0.15) is 70.0 Å². The van der Waals surface area contributed by atoms with Crippen LogP contribution >= 0.6 is 0 Å². The van der Waals surface area contributed by atoms with Gasteiger partial charge in [0.25, 0.3) is 0 Å².